The molecule has 0 saturated carbocycles. The van der Waals surface area contributed by atoms with E-state index in [4.69, 9.17) is 9.47 Å². The molecular weight excluding hydrogens is 258 g/mol. The summed E-state index contributed by atoms with van der Waals surface area (Å²) in [4.78, 5) is 22.7. The van der Waals surface area contributed by atoms with Crippen LogP contribution in [0.3, 0.4) is 0 Å². The van der Waals surface area contributed by atoms with Crippen molar-refractivity contribution in [3.8, 4) is 0 Å². The van der Waals surface area contributed by atoms with Gasteiger partial charge in [0.1, 0.15) is 6.61 Å². The Morgan fingerprint density at radius 2 is 2.05 bits per heavy atom. The number of alkyl carbamates (subject to hydrolysis) is 1. The van der Waals surface area contributed by atoms with Gasteiger partial charge in [-0.2, -0.15) is 0 Å². The Morgan fingerprint density at radius 3 is 2.70 bits per heavy atom. The van der Waals surface area contributed by atoms with Crippen LogP contribution in [0, 0.1) is 6.92 Å². The Kier molecular flexibility index (Phi) is 6.29. The average molecular weight is 277 g/mol. The number of benzene rings is 1. The summed E-state index contributed by atoms with van der Waals surface area (Å²) in [6, 6.07) is 7.68. The number of nitrogens with one attached hydrogen (secondary N) is 1. The van der Waals surface area contributed by atoms with Gasteiger partial charge in [-0.15, -0.1) is 0 Å². The summed E-state index contributed by atoms with van der Waals surface area (Å²) in [7, 11) is 0. The highest BCUT2D eigenvalue weighted by Gasteiger charge is 2.05. The molecule has 0 aliphatic carbocycles. The predicted octanol–water partition coefficient (Wildman–Crippen LogP) is 2.69. The third-order valence-corrected chi connectivity index (χ3v) is 2.37. The molecule has 0 aliphatic heterocycles. The van der Waals surface area contributed by atoms with E-state index >= 15 is 0 Å². The molecule has 0 bridgehead atoms. The van der Waals surface area contributed by atoms with Crippen molar-refractivity contribution in [2.24, 2.45) is 0 Å². The zero-order chi connectivity index (χ0) is 15.0. The molecular formula is C15H19NO4. The number of aryl methyl sites for hydroxylation is 1. The van der Waals surface area contributed by atoms with Crippen molar-refractivity contribution in [3.05, 3.63) is 47.2 Å². The molecule has 0 aliphatic rings. The Morgan fingerprint density at radius 1 is 1.30 bits per heavy atom. The van der Waals surface area contributed by atoms with Gasteiger partial charge in [0.05, 0.1) is 6.61 Å². The molecule has 0 saturated heterocycles. The zero-order valence-corrected chi connectivity index (χ0v) is 11.9. The second kappa shape index (κ2) is 7.99. The van der Waals surface area contributed by atoms with Crippen molar-refractivity contribution in [2.45, 2.75) is 27.4 Å². The molecule has 0 unspecified atom stereocenters. The van der Waals surface area contributed by atoms with Crippen LogP contribution < -0.4 is 5.32 Å². The van der Waals surface area contributed by atoms with Gasteiger partial charge < -0.3 is 9.47 Å². The molecule has 5 heteroatoms. The first-order valence-electron chi connectivity index (χ1n) is 6.35. The summed E-state index contributed by atoms with van der Waals surface area (Å²) in [5, 5.41) is 2.45. The van der Waals surface area contributed by atoms with Crippen LogP contribution in [0.15, 0.2) is 36.0 Å². The fourth-order valence-corrected chi connectivity index (χ4v) is 1.54. The summed E-state index contributed by atoms with van der Waals surface area (Å²) < 4.78 is 9.78. The van der Waals surface area contributed by atoms with Crippen molar-refractivity contribution in [1.29, 1.82) is 0 Å². The first-order chi connectivity index (χ1) is 9.51. The lowest BCUT2D eigenvalue weighted by Crippen LogP contribution is -2.23. The maximum atomic E-state index is 11.5. The minimum atomic E-state index is -0.607. The van der Waals surface area contributed by atoms with Crippen molar-refractivity contribution in [2.75, 3.05) is 6.61 Å². The highest BCUT2D eigenvalue weighted by Crippen LogP contribution is 2.05. The van der Waals surface area contributed by atoms with Crippen LogP contribution in [0.25, 0.3) is 0 Å². The largest absolute Gasteiger partial charge is 0.463 e. The molecule has 0 aromatic heterocycles. The Labute approximate surface area is 118 Å². The van der Waals surface area contributed by atoms with Gasteiger partial charge >= 0.3 is 12.1 Å². The van der Waals surface area contributed by atoms with Crippen LogP contribution in [0.4, 0.5) is 4.79 Å². The molecule has 1 aromatic carbocycles. The van der Waals surface area contributed by atoms with Gasteiger partial charge in [0.15, 0.2) is 0 Å². The van der Waals surface area contributed by atoms with Crippen LogP contribution in [-0.2, 0) is 20.9 Å². The normalized spacial score (nSPS) is 10.8. The van der Waals surface area contributed by atoms with Gasteiger partial charge in [0.25, 0.3) is 0 Å². The number of allylic oxidation sites excluding steroid dienone is 1. The smallest absolute Gasteiger partial charge is 0.411 e. The SMILES string of the molecule is CCOC(=O)/C=C(/C)NC(=O)OCc1cccc(C)c1. The van der Waals surface area contributed by atoms with Crippen molar-refractivity contribution in [3.63, 3.8) is 0 Å². The Bertz CT molecular complexity index is 508. The quantitative estimate of drug-likeness (QED) is 0.664. The number of hydrogen-bond donors (Lipinski definition) is 1. The van der Waals surface area contributed by atoms with E-state index in [-0.39, 0.29) is 6.61 Å². The van der Waals surface area contributed by atoms with E-state index in [1.54, 1.807) is 13.8 Å². The third kappa shape index (κ3) is 6.04. The molecule has 0 heterocycles. The standard InChI is InChI=1S/C15H19NO4/c1-4-19-14(17)9-12(3)16-15(18)20-10-13-7-5-6-11(2)8-13/h5-9H,4,10H2,1-3H3,(H,16,18)/b12-9-. The minimum Gasteiger partial charge on any atom is -0.463 e. The fraction of sp³-hybridized carbons (Fsp3) is 0.333. The van der Waals surface area contributed by atoms with Gasteiger partial charge in [0.2, 0.25) is 0 Å². The molecule has 20 heavy (non-hydrogen) atoms. The van der Waals surface area contributed by atoms with Crippen LogP contribution in [0.2, 0.25) is 0 Å². The van der Waals surface area contributed by atoms with Gasteiger partial charge in [-0.25, -0.2) is 9.59 Å². The molecule has 1 N–H and O–H groups in total. The maximum Gasteiger partial charge on any atom is 0.411 e. The second-order valence-corrected chi connectivity index (χ2v) is 4.27. The lowest BCUT2D eigenvalue weighted by atomic mass is 10.1. The van der Waals surface area contributed by atoms with Gasteiger partial charge in [-0.3, -0.25) is 5.32 Å². The number of ether oxygens (including phenoxy) is 2. The molecule has 0 fully saturated rings. The number of carbonyl (C=O) groups is 2. The molecule has 1 rings (SSSR count). The molecule has 5 nitrogen and oxygen atoms in total. The summed E-state index contributed by atoms with van der Waals surface area (Å²) in [5.41, 5.74) is 2.38. The molecule has 1 aromatic rings. The second-order valence-electron chi connectivity index (χ2n) is 4.27. The van der Waals surface area contributed by atoms with E-state index in [0.29, 0.717) is 12.3 Å². The maximum absolute atomic E-state index is 11.5. The highest BCUT2D eigenvalue weighted by molar-refractivity contribution is 5.83. The summed E-state index contributed by atoms with van der Waals surface area (Å²) in [5.74, 6) is -0.496. The lowest BCUT2D eigenvalue weighted by molar-refractivity contribution is -0.137. The van der Waals surface area contributed by atoms with Gasteiger partial charge in [0, 0.05) is 11.8 Å². The van der Waals surface area contributed by atoms with Crippen molar-refractivity contribution < 1.29 is 19.1 Å². The van der Waals surface area contributed by atoms with E-state index in [1.165, 1.54) is 6.08 Å². The number of carbonyl (C=O) groups excluding carboxylic acids is 2. The molecule has 108 valence electrons. The van der Waals surface area contributed by atoms with E-state index in [0.717, 1.165) is 11.1 Å². The van der Waals surface area contributed by atoms with Crippen LogP contribution >= 0.6 is 0 Å². The lowest BCUT2D eigenvalue weighted by Gasteiger charge is -2.07. The van der Waals surface area contributed by atoms with E-state index in [9.17, 15) is 9.59 Å². The Hall–Kier alpha value is -2.30. The topological polar surface area (TPSA) is 64.6 Å². The van der Waals surface area contributed by atoms with Gasteiger partial charge in [-0.05, 0) is 26.3 Å². The van der Waals surface area contributed by atoms with Crippen LogP contribution in [0.5, 0.6) is 0 Å². The molecule has 0 spiro atoms. The summed E-state index contributed by atoms with van der Waals surface area (Å²) in [6.45, 7) is 5.74. The van der Waals surface area contributed by atoms with E-state index < -0.39 is 12.1 Å². The number of hydrogen-bond acceptors (Lipinski definition) is 4. The van der Waals surface area contributed by atoms with E-state index in [1.807, 2.05) is 31.2 Å². The molecule has 1 amide bonds. The average Bonchev–Trinajstić information content (AvgIpc) is 2.36. The van der Waals surface area contributed by atoms with Crippen LogP contribution in [0.1, 0.15) is 25.0 Å². The highest BCUT2D eigenvalue weighted by atomic mass is 16.5. The van der Waals surface area contributed by atoms with Gasteiger partial charge in [-0.1, -0.05) is 29.8 Å². The number of amides is 1. The first kappa shape index (κ1) is 15.8. The summed E-state index contributed by atoms with van der Waals surface area (Å²) >= 11 is 0. The van der Waals surface area contributed by atoms with Crippen molar-refractivity contribution in [1.82, 2.24) is 5.32 Å². The van der Waals surface area contributed by atoms with Crippen LogP contribution in [-0.4, -0.2) is 18.7 Å². The van der Waals surface area contributed by atoms with Crippen molar-refractivity contribution >= 4 is 12.1 Å². The monoisotopic (exact) mass is 277 g/mol. The number of esters is 1. The molecule has 0 radical (unpaired) electrons. The fourth-order valence-electron chi connectivity index (χ4n) is 1.54. The third-order valence-electron chi connectivity index (χ3n) is 2.37. The zero-order valence-electron chi connectivity index (χ0n) is 11.9. The Balaban J connectivity index is 2.42. The van der Waals surface area contributed by atoms with E-state index in [2.05, 4.69) is 5.32 Å². The number of rotatable bonds is 5. The summed E-state index contributed by atoms with van der Waals surface area (Å²) in [6.07, 6.45) is 0.599. The minimum absolute atomic E-state index is 0.181. The first-order valence-corrected chi connectivity index (χ1v) is 6.35. The predicted molar refractivity (Wildman–Crippen MR) is 74.9 cm³/mol. The molecule has 0 atom stereocenters.